The average Bonchev–Trinajstić information content (AvgIpc) is 2.82. The van der Waals surface area contributed by atoms with Gasteiger partial charge in [-0.25, -0.2) is 0 Å². The lowest BCUT2D eigenvalue weighted by Crippen LogP contribution is -2.36. The first kappa shape index (κ1) is 16.3. The fraction of sp³-hybridized carbons (Fsp3) is 0.267. The van der Waals surface area contributed by atoms with E-state index in [1.807, 2.05) is 30.3 Å². The predicted molar refractivity (Wildman–Crippen MR) is 89.4 cm³/mol. The molecule has 6 heteroatoms. The van der Waals surface area contributed by atoms with Gasteiger partial charge in [0, 0.05) is 19.6 Å². The quantitative estimate of drug-likeness (QED) is 0.869. The zero-order valence-electron chi connectivity index (χ0n) is 11.4. The maximum atomic E-state index is 12.5. The highest BCUT2D eigenvalue weighted by Gasteiger charge is 2.20. The van der Waals surface area contributed by atoms with E-state index in [1.165, 1.54) is 16.9 Å². The first-order chi connectivity index (χ1) is 10.1. The Kier molecular flexibility index (Phi) is 6.06. The van der Waals surface area contributed by atoms with Crippen LogP contribution in [0.4, 0.5) is 0 Å². The minimum atomic E-state index is -0.121. The highest BCUT2D eigenvalue weighted by molar-refractivity contribution is 7.20. The minimum absolute atomic E-state index is 0.121. The Morgan fingerprint density at radius 1 is 1.19 bits per heavy atom. The molecular weight excluding hydrogens is 327 g/mol. The Balaban J connectivity index is 2.07. The molecule has 0 aliphatic carbocycles. The fourth-order valence-electron chi connectivity index (χ4n) is 2.04. The zero-order valence-corrected chi connectivity index (χ0v) is 13.7. The van der Waals surface area contributed by atoms with Crippen LogP contribution in [0.25, 0.3) is 0 Å². The van der Waals surface area contributed by atoms with Crippen molar-refractivity contribution in [3.8, 4) is 0 Å². The van der Waals surface area contributed by atoms with E-state index in [4.69, 9.17) is 28.9 Å². The van der Waals surface area contributed by atoms with Gasteiger partial charge >= 0.3 is 0 Å². The summed E-state index contributed by atoms with van der Waals surface area (Å²) in [5, 5.41) is 0. The fourth-order valence-corrected chi connectivity index (χ4v) is 3.48. The third-order valence-corrected chi connectivity index (χ3v) is 4.57. The predicted octanol–water partition coefficient (Wildman–Crippen LogP) is 3.70. The molecule has 0 fully saturated rings. The lowest BCUT2D eigenvalue weighted by Gasteiger charge is -2.21. The molecule has 0 unspecified atom stereocenters. The third-order valence-electron chi connectivity index (χ3n) is 3.09. The number of halogens is 2. The van der Waals surface area contributed by atoms with Crippen LogP contribution in [0.1, 0.15) is 15.9 Å². The van der Waals surface area contributed by atoms with E-state index in [2.05, 4.69) is 0 Å². The number of nitrogens with zero attached hydrogens (tertiary/aromatic N) is 1. The van der Waals surface area contributed by atoms with Crippen LogP contribution < -0.4 is 5.73 Å². The van der Waals surface area contributed by atoms with Gasteiger partial charge < -0.3 is 10.6 Å². The van der Waals surface area contributed by atoms with E-state index in [0.717, 1.165) is 6.42 Å². The molecule has 3 nitrogen and oxygen atoms in total. The molecular formula is C15H16Cl2N2OS. The molecule has 1 aromatic heterocycles. The van der Waals surface area contributed by atoms with Crippen molar-refractivity contribution in [1.29, 1.82) is 0 Å². The highest BCUT2D eigenvalue weighted by atomic mass is 35.5. The summed E-state index contributed by atoms with van der Waals surface area (Å²) >= 11 is 13.2. The van der Waals surface area contributed by atoms with Gasteiger partial charge in [-0.15, -0.1) is 11.3 Å². The second-order valence-corrected chi connectivity index (χ2v) is 6.84. The molecule has 2 rings (SSSR count). The molecule has 0 saturated heterocycles. The number of thiophene rings is 1. The Morgan fingerprint density at radius 3 is 2.48 bits per heavy atom. The number of carbonyl (C=O) groups excluding carboxylic acids is 1. The van der Waals surface area contributed by atoms with Crippen LogP contribution >= 0.6 is 34.5 Å². The van der Waals surface area contributed by atoms with E-state index in [-0.39, 0.29) is 5.91 Å². The maximum Gasteiger partial charge on any atom is 0.256 e. The van der Waals surface area contributed by atoms with Crippen molar-refractivity contribution in [2.24, 2.45) is 5.73 Å². The number of carbonyl (C=O) groups is 1. The normalized spacial score (nSPS) is 10.6. The number of hydrogen-bond donors (Lipinski definition) is 1. The summed E-state index contributed by atoms with van der Waals surface area (Å²) in [5.74, 6) is -0.121. The van der Waals surface area contributed by atoms with Crippen molar-refractivity contribution in [1.82, 2.24) is 4.90 Å². The van der Waals surface area contributed by atoms with Gasteiger partial charge in [0.15, 0.2) is 0 Å². The molecule has 0 radical (unpaired) electrons. The van der Waals surface area contributed by atoms with Crippen molar-refractivity contribution in [2.45, 2.75) is 6.42 Å². The smallest absolute Gasteiger partial charge is 0.256 e. The summed E-state index contributed by atoms with van der Waals surface area (Å²) in [4.78, 5) is 14.2. The van der Waals surface area contributed by atoms with Gasteiger partial charge in [0.25, 0.3) is 5.91 Å². The van der Waals surface area contributed by atoms with Gasteiger partial charge in [0.1, 0.15) is 4.34 Å². The van der Waals surface area contributed by atoms with Crippen LogP contribution in [0.5, 0.6) is 0 Å². The minimum Gasteiger partial charge on any atom is -0.337 e. The van der Waals surface area contributed by atoms with Gasteiger partial charge in [0.05, 0.1) is 9.90 Å². The van der Waals surface area contributed by atoms with Crippen LogP contribution in [-0.4, -0.2) is 30.4 Å². The van der Waals surface area contributed by atoms with E-state index in [9.17, 15) is 4.79 Å². The van der Waals surface area contributed by atoms with Gasteiger partial charge in [0.2, 0.25) is 0 Å². The first-order valence-electron chi connectivity index (χ1n) is 6.60. The van der Waals surface area contributed by atoms with E-state index in [0.29, 0.717) is 33.9 Å². The molecule has 1 amide bonds. The van der Waals surface area contributed by atoms with Crippen molar-refractivity contribution in [2.75, 3.05) is 19.6 Å². The molecule has 0 aliphatic rings. The molecule has 1 aromatic carbocycles. The summed E-state index contributed by atoms with van der Waals surface area (Å²) in [6, 6.07) is 11.6. The second kappa shape index (κ2) is 7.80. The Labute approximate surface area is 138 Å². The van der Waals surface area contributed by atoms with Crippen molar-refractivity contribution >= 4 is 40.4 Å². The zero-order chi connectivity index (χ0) is 15.2. The van der Waals surface area contributed by atoms with Crippen LogP contribution in [-0.2, 0) is 6.42 Å². The number of hydrogen-bond acceptors (Lipinski definition) is 3. The molecule has 0 atom stereocenters. The molecule has 0 spiro atoms. The number of nitrogens with two attached hydrogens (primary N) is 1. The molecule has 0 aliphatic heterocycles. The van der Waals surface area contributed by atoms with Gasteiger partial charge in [-0.2, -0.15) is 0 Å². The Bertz CT molecular complexity index is 601. The molecule has 2 N–H and O–H groups in total. The van der Waals surface area contributed by atoms with Crippen LogP contribution in [0.2, 0.25) is 8.67 Å². The molecule has 2 aromatic rings. The lowest BCUT2D eigenvalue weighted by atomic mass is 10.1. The summed E-state index contributed by atoms with van der Waals surface area (Å²) in [6.07, 6.45) is 0.780. The van der Waals surface area contributed by atoms with E-state index in [1.54, 1.807) is 11.0 Å². The van der Waals surface area contributed by atoms with E-state index >= 15 is 0 Å². The summed E-state index contributed by atoms with van der Waals surface area (Å²) in [6.45, 7) is 1.51. The SMILES string of the molecule is NCCN(CCc1ccccc1)C(=O)c1cc(Cl)sc1Cl. The number of amides is 1. The molecule has 0 saturated carbocycles. The monoisotopic (exact) mass is 342 g/mol. The van der Waals surface area contributed by atoms with Gasteiger partial charge in [-0.1, -0.05) is 53.5 Å². The standard InChI is InChI=1S/C15H16Cl2N2OS/c16-13-10-12(14(17)21-13)15(20)19(9-7-18)8-6-11-4-2-1-3-5-11/h1-5,10H,6-9,18H2. The second-order valence-electron chi connectivity index (χ2n) is 4.55. The largest absolute Gasteiger partial charge is 0.337 e. The van der Waals surface area contributed by atoms with Crippen LogP contribution in [0.3, 0.4) is 0 Å². The first-order valence-corrected chi connectivity index (χ1v) is 8.17. The van der Waals surface area contributed by atoms with E-state index < -0.39 is 0 Å². The van der Waals surface area contributed by atoms with Crippen molar-refractivity contribution < 1.29 is 4.79 Å². The molecule has 1 heterocycles. The van der Waals surface area contributed by atoms with Gasteiger partial charge in [-0.3, -0.25) is 4.79 Å². The van der Waals surface area contributed by atoms with Crippen LogP contribution in [0, 0.1) is 0 Å². The Morgan fingerprint density at radius 2 is 1.90 bits per heavy atom. The summed E-state index contributed by atoms with van der Waals surface area (Å²) in [7, 11) is 0. The summed E-state index contributed by atoms with van der Waals surface area (Å²) in [5.41, 5.74) is 7.24. The molecule has 112 valence electrons. The van der Waals surface area contributed by atoms with Crippen molar-refractivity contribution in [3.63, 3.8) is 0 Å². The topological polar surface area (TPSA) is 46.3 Å². The maximum absolute atomic E-state index is 12.5. The molecule has 21 heavy (non-hydrogen) atoms. The summed E-state index contributed by atoms with van der Waals surface area (Å²) < 4.78 is 0.936. The highest BCUT2D eigenvalue weighted by Crippen LogP contribution is 2.31. The third kappa shape index (κ3) is 4.45. The Hall–Kier alpha value is -1.07. The van der Waals surface area contributed by atoms with Gasteiger partial charge in [-0.05, 0) is 18.1 Å². The number of benzene rings is 1. The lowest BCUT2D eigenvalue weighted by molar-refractivity contribution is 0.0763. The number of rotatable bonds is 6. The van der Waals surface area contributed by atoms with Crippen LogP contribution in [0.15, 0.2) is 36.4 Å². The molecule has 0 bridgehead atoms. The van der Waals surface area contributed by atoms with Crippen molar-refractivity contribution in [3.05, 3.63) is 56.2 Å². The average molecular weight is 343 g/mol.